The van der Waals surface area contributed by atoms with Crippen LogP contribution in [0.2, 0.25) is 0 Å². The van der Waals surface area contributed by atoms with Crippen molar-refractivity contribution in [2.75, 3.05) is 0 Å². The van der Waals surface area contributed by atoms with E-state index in [9.17, 15) is 5.21 Å². The standard InChI is InChI=1S/C6H4N3O.K/c10-9-6-4-2-1-3-5(6)7-8-9;/h1-4H;/q-1;+1. The third-order valence-electron chi connectivity index (χ3n) is 1.32. The largest absolute Gasteiger partial charge is 1.00 e. The number of hydrogen-bond acceptors (Lipinski definition) is 3. The predicted molar refractivity (Wildman–Crippen MR) is 36.3 cm³/mol. The van der Waals surface area contributed by atoms with Gasteiger partial charge < -0.3 is 5.21 Å². The Kier molecular flexibility index (Phi) is 3.03. The maximum atomic E-state index is 10.7. The van der Waals surface area contributed by atoms with Crippen LogP contribution < -0.4 is 51.4 Å². The molecule has 1 aromatic heterocycles. The van der Waals surface area contributed by atoms with Crippen LogP contribution in [0.4, 0.5) is 0 Å². The van der Waals surface area contributed by atoms with Crippen LogP contribution in [0.1, 0.15) is 0 Å². The van der Waals surface area contributed by atoms with Crippen LogP contribution in [0, 0.1) is 5.21 Å². The zero-order chi connectivity index (χ0) is 6.97. The molecule has 0 aliphatic heterocycles. The summed E-state index contributed by atoms with van der Waals surface area (Å²) >= 11 is 0. The topological polar surface area (TPSA) is 53.8 Å². The Morgan fingerprint density at radius 1 is 1.27 bits per heavy atom. The van der Waals surface area contributed by atoms with Crippen LogP contribution in [0.3, 0.4) is 0 Å². The molecule has 5 heteroatoms. The summed E-state index contributed by atoms with van der Waals surface area (Å²) in [4.78, 5) is 0.509. The first-order valence-electron chi connectivity index (χ1n) is 2.86. The van der Waals surface area contributed by atoms with Crippen LogP contribution in [0.25, 0.3) is 11.0 Å². The van der Waals surface area contributed by atoms with Gasteiger partial charge in [0.25, 0.3) is 0 Å². The Morgan fingerprint density at radius 3 is 2.73 bits per heavy atom. The van der Waals surface area contributed by atoms with Gasteiger partial charge in [-0.2, -0.15) is 0 Å². The second-order valence-corrected chi connectivity index (χ2v) is 1.95. The summed E-state index contributed by atoms with van der Waals surface area (Å²) in [5.74, 6) is 0. The van der Waals surface area contributed by atoms with Gasteiger partial charge in [0.1, 0.15) is 5.52 Å². The minimum Gasteiger partial charge on any atom is -0.789 e. The second kappa shape index (κ2) is 3.64. The van der Waals surface area contributed by atoms with Gasteiger partial charge in [-0.3, -0.25) is 4.85 Å². The van der Waals surface area contributed by atoms with Crippen LogP contribution in [0.15, 0.2) is 24.3 Å². The van der Waals surface area contributed by atoms with Gasteiger partial charge in [0, 0.05) is 0 Å². The fraction of sp³-hybridized carbons (Fsp3) is 0. The molecule has 0 saturated heterocycles. The van der Waals surface area contributed by atoms with Crippen molar-refractivity contribution < 1.29 is 51.4 Å². The zero-order valence-electron chi connectivity index (χ0n) is 6.06. The molecule has 0 saturated carbocycles. The predicted octanol–water partition coefficient (Wildman–Crippen LogP) is -2.22. The van der Waals surface area contributed by atoms with Gasteiger partial charge in [-0.25, -0.2) is 0 Å². The first-order valence-corrected chi connectivity index (χ1v) is 2.86. The van der Waals surface area contributed by atoms with Gasteiger partial charge in [0.05, 0.1) is 5.52 Å². The van der Waals surface area contributed by atoms with Gasteiger partial charge in [0.15, 0.2) is 0 Å². The molecule has 1 heterocycles. The van der Waals surface area contributed by atoms with Crippen molar-refractivity contribution in [1.29, 1.82) is 0 Å². The Hall–Kier alpha value is 0.0564. The minimum atomic E-state index is 0. The monoisotopic (exact) mass is 173 g/mol. The quantitative estimate of drug-likeness (QED) is 0.424. The molecule has 11 heavy (non-hydrogen) atoms. The van der Waals surface area contributed by atoms with E-state index in [2.05, 4.69) is 10.3 Å². The molecule has 2 aromatic rings. The average Bonchev–Trinajstić information content (AvgIpc) is 2.34. The molecular formula is C6H4KN3O. The molecule has 50 valence electrons. The maximum absolute atomic E-state index is 10.7. The van der Waals surface area contributed by atoms with E-state index < -0.39 is 0 Å². The van der Waals surface area contributed by atoms with Crippen molar-refractivity contribution in [3.05, 3.63) is 29.5 Å². The Balaban J connectivity index is 0.000000605. The third kappa shape index (κ3) is 1.62. The maximum Gasteiger partial charge on any atom is 1.00 e. The molecule has 0 unspecified atom stereocenters. The van der Waals surface area contributed by atoms with Gasteiger partial charge in [-0.15, -0.1) is 5.10 Å². The molecule has 0 radical (unpaired) electrons. The smallest absolute Gasteiger partial charge is 0.789 e. The third-order valence-corrected chi connectivity index (χ3v) is 1.32. The van der Waals surface area contributed by atoms with E-state index in [1.165, 1.54) is 0 Å². The van der Waals surface area contributed by atoms with E-state index in [0.29, 0.717) is 15.9 Å². The molecule has 0 aliphatic carbocycles. The number of benzene rings is 1. The normalized spacial score (nSPS) is 9.45. The number of hydrogen-bond donors (Lipinski definition) is 0. The molecule has 0 fully saturated rings. The van der Waals surface area contributed by atoms with Crippen molar-refractivity contribution in [1.82, 2.24) is 15.2 Å². The van der Waals surface area contributed by atoms with Crippen LogP contribution >= 0.6 is 0 Å². The van der Waals surface area contributed by atoms with Crippen molar-refractivity contribution >= 4 is 11.0 Å². The Labute approximate surface area is 106 Å². The number of para-hydroxylation sites is 1. The van der Waals surface area contributed by atoms with E-state index in [1.54, 1.807) is 18.2 Å². The first-order chi connectivity index (χ1) is 4.88. The van der Waals surface area contributed by atoms with Crippen LogP contribution in [0.5, 0.6) is 0 Å². The molecule has 0 amide bonds. The van der Waals surface area contributed by atoms with Gasteiger partial charge in [-0.1, -0.05) is 17.3 Å². The molecule has 0 N–H and O–H groups in total. The summed E-state index contributed by atoms with van der Waals surface area (Å²) in [6.07, 6.45) is 0. The summed E-state index contributed by atoms with van der Waals surface area (Å²) in [5, 5.41) is 17.6. The van der Waals surface area contributed by atoms with Crippen LogP contribution in [-0.4, -0.2) is 15.2 Å². The number of aromatic nitrogens is 3. The molecule has 4 nitrogen and oxygen atoms in total. The summed E-state index contributed by atoms with van der Waals surface area (Å²) in [5.41, 5.74) is 1.15. The second-order valence-electron chi connectivity index (χ2n) is 1.95. The minimum absolute atomic E-state index is 0. The fourth-order valence-corrected chi connectivity index (χ4v) is 0.847. The van der Waals surface area contributed by atoms with Crippen molar-refractivity contribution in [3.8, 4) is 0 Å². The van der Waals surface area contributed by atoms with E-state index >= 15 is 0 Å². The molecule has 0 spiro atoms. The Bertz CT molecular complexity index is 359. The van der Waals surface area contributed by atoms with E-state index in [4.69, 9.17) is 0 Å². The van der Waals surface area contributed by atoms with Gasteiger partial charge in [0.2, 0.25) is 0 Å². The van der Waals surface area contributed by atoms with Crippen molar-refractivity contribution in [2.24, 2.45) is 0 Å². The molecule has 2 rings (SSSR count). The fourth-order valence-electron chi connectivity index (χ4n) is 0.847. The number of fused-ring (bicyclic) bond motifs is 1. The molecule has 0 aliphatic rings. The first kappa shape index (κ1) is 9.15. The molecule has 1 aromatic carbocycles. The summed E-state index contributed by atoms with van der Waals surface area (Å²) < 4.78 is 0. The average molecular weight is 173 g/mol. The van der Waals surface area contributed by atoms with Crippen LogP contribution in [-0.2, 0) is 0 Å². The van der Waals surface area contributed by atoms with Crippen molar-refractivity contribution in [2.45, 2.75) is 0 Å². The van der Waals surface area contributed by atoms with Gasteiger partial charge >= 0.3 is 51.4 Å². The van der Waals surface area contributed by atoms with E-state index in [1.807, 2.05) is 6.07 Å². The van der Waals surface area contributed by atoms with Gasteiger partial charge in [-0.05, 0) is 12.1 Å². The van der Waals surface area contributed by atoms with E-state index in [-0.39, 0.29) is 51.4 Å². The van der Waals surface area contributed by atoms with Crippen molar-refractivity contribution in [3.63, 3.8) is 0 Å². The molecular weight excluding hydrogens is 169 g/mol. The summed E-state index contributed by atoms with van der Waals surface area (Å²) in [6.45, 7) is 0. The number of nitrogens with zero attached hydrogens (tertiary/aromatic N) is 3. The summed E-state index contributed by atoms with van der Waals surface area (Å²) in [6, 6.07) is 7.02. The zero-order valence-corrected chi connectivity index (χ0v) is 9.18. The molecule has 0 atom stereocenters. The molecule has 0 bridgehead atoms. The summed E-state index contributed by atoms with van der Waals surface area (Å²) in [7, 11) is 0. The van der Waals surface area contributed by atoms with E-state index in [0.717, 1.165) is 0 Å². The SMILES string of the molecule is [K+].[O-]n1nnc2ccccc21. The Morgan fingerprint density at radius 2 is 2.00 bits per heavy atom. The number of rotatable bonds is 0.